The van der Waals surface area contributed by atoms with Crippen LogP contribution in [0.2, 0.25) is 0 Å². The van der Waals surface area contributed by atoms with Gasteiger partial charge in [0, 0.05) is 81.2 Å². The summed E-state index contributed by atoms with van der Waals surface area (Å²) in [5.74, 6) is 0.469. The first-order valence-electron chi connectivity index (χ1n) is 16.6. The highest BCUT2D eigenvalue weighted by Crippen LogP contribution is 2.46. The molecule has 6 heterocycles. The number of rotatable bonds is 3. The zero-order valence-electron chi connectivity index (χ0n) is 28.1. The predicted molar refractivity (Wildman–Crippen MR) is 187 cm³/mol. The minimum atomic E-state index is -1.01. The number of carbonyl (C=O) groups is 2. The molecular formula is C36H47IN6O4. The number of Topliss-reactive ketones (excluding diaryl/α,β-unsaturated/α-hetero) is 1. The van der Waals surface area contributed by atoms with Crippen molar-refractivity contribution in [1.82, 2.24) is 29.7 Å². The SMILES string of the molecule is Cc1nccnc1C1(O)CC2CCC(C1)N2C(=O)OC(C)(C)C.Cc1nccnc1I.O=C1CC2CCC(C1)N2Cc1ccccc1. The van der Waals surface area contributed by atoms with E-state index in [1.165, 1.54) is 18.4 Å². The van der Waals surface area contributed by atoms with Gasteiger partial charge in [0.25, 0.3) is 0 Å². The molecule has 1 N–H and O–H groups in total. The van der Waals surface area contributed by atoms with Gasteiger partial charge in [0.2, 0.25) is 0 Å². The second kappa shape index (κ2) is 15.0. The van der Waals surface area contributed by atoms with E-state index in [4.69, 9.17) is 4.74 Å². The van der Waals surface area contributed by atoms with Crippen LogP contribution in [0, 0.1) is 17.5 Å². The lowest BCUT2D eigenvalue weighted by atomic mass is 9.82. The van der Waals surface area contributed by atoms with E-state index in [1.807, 2.05) is 39.5 Å². The number of ketones is 1. The molecule has 2 aromatic heterocycles. The van der Waals surface area contributed by atoms with Crippen molar-refractivity contribution >= 4 is 34.5 Å². The van der Waals surface area contributed by atoms with Gasteiger partial charge in [-0.3, -0.25) is 24.6 Å². The van der Waals surface area contributed by atoms with Crippen molar-refractivity contribution < 1.29 is 19.4 Å². The van der Waals surface area contributed by atoms with E-state index >= 15 is 0 Å². The van der Waals surface area contributed by atoms with Gasteiger partial charge in [-0.25, -0.2) is 9.78 Å². The maximum absolute atomic E-state index is 12.5. The first-order chi connectivity index (χ1) is 22.3. The number of aliphatic hydroxyl groups is 1. The minimum absolute atomic E-state index is 0.00462. The maximum atomic E-state index is 12.5. The van der Waals surface area contributed by atoms with Crippen LogP contribution in [0.5, 0.6) is 0 Å². The second-order valence-corrected chi connectivity index (χ2v) is 15.1. The van der Waals surface area contributed by atoms with Crippen LogP contribution in [0.15, 0.2) is 55.1 Å². The van der Waals surface area contributed by atoms with Gasteiger partial charge in [-0.1, -0.05) is 30.3 Å². The second-order valence-electron chi connectivity index (χ2n) is 14.1. The predicted octanol–water partition coefficient (Wildman–Crippen LogP) is 6.31. The number of carbonyl (C=O) groups excluding carboxylic acids is 2. The van der Waals surface area contributed by atoms with E-state index < -0.39 is 11.2 Å². The number of fused-ring (bicyclic) bond motifs is 4. The van der Waals surface area contributed by atoms with Crippen LogP contribution in [0.25, 0.3) is 0 Å². The number of amides is 1. The molecule has 4 fully saturated rings. The van der Waals surface area contributed by atoms with E-state index in [0.717, 1.165) is 47.3 Å². The Kier molecular flexibility index (Phi) is 11.3. The number of benzene rings is 1. The van der Waals surface area contributed by atoms with Crippen molar-refractivity contribution in [3.63, 3.8) is 0 Å². The van der Waals surface area contributed by atoms with Crippen LogP contribution in [-0.4, -0.2) is 76.5 Å². The normalized spacial score (nSPS) is 26.5. The van der Waals surface area contributed by atoms with Crippen molar-refractivity contribution in [3.8, 4) is 0 Å². The van der Waals surface area contributed by atoms with Crippen LogP contribution < -0.4 is 0 Å². The summed E-state index contributed by atoms with van der Waals surface area (Å²) >= 11 is 2.15. The fourth-order valence-electron chi connectivity index (χ4n) is 7.40. The lowest BCUT2D eigenvalue weighted by Crippen LogP contribution is -2.53. The molecule has 3 aromatic rings. The first kappa shape index (κ1) is 35.3. The number of aryl methyl sites for hydroxylation is 2. The molecule has 4 aliphatic heterocycles. The Morgan fingerprint density at radius 3 is 1.91 bits per heavy atom. The number of hydrogen-bond acceptors (Lipinski definition) is 9. The number of aromatic nitrogens is 4. The molecule has 10 nitrogen and oxygen atoms in total. The van der Waals surface area contributed by atoms with Gasteiger partial charge in [0.05, 0.1) is 17.1 Å². The molecule has 4 saturated heterocycles. The lowest BCUT2D eigenvalue weighted by molar-refractivity contribution is -0.123. The molecule has 1 amide bonds. The molecule has 11 heteroatoms. The Bertz CT molecular complexity index is 1480. The third-order valence-corrected chi connectivity index (χ3v) is 10.5. The fraction of sp³-hybridized carbons (Fsp3) is 0.556. The largest absolute Gasteiger partial charge is 0.444 e. The zero-order chi connectivity index (χ0) is 33.8. The molecule has 4 aliphatic rings. The average molecular weight is 755 g/mol. The van der Waals surface area contributed by atoms with Gasteiger partial charge in [-0.15, -0.1) is 0 Å². The van der Waals surface area contributed by atoms with E-state index in [-0.39, 0.29) is 18.2 Å². The third kappa shape index (κ3) is 8.91. The van der Waals surface area contributed by atoms with Crippen molar-refractivity contribution in [3.05, 3.63) is 81.5 Å². The summed E-state index contributed by atoms with van der Waals surface area (Å²) in [6.07, 6.45) is 13.1. The maximum Gasteiger partial charge on any atom is 0.410 e. The summed E-state index contributed by atoms with van der Waals surface area (Å²) < 4.78 is 6.51. The van der Waals surface area contributed by atoms with Gasteiger partial charge in [0.1, 0.15) is 20.7 Å². The molecule has 47 heavy (non-hydrogen) atoms. The fourth-order valence-corrected chi connectivity index (χ4v) is 7.70. The van der Waals surface area contributed by atoms with Gasteiger partial charge >= 0.3 is 6.09 Å². The van der Waals surface area contributed by atoms with Crippen molar-refractivity contribution in [2.24, 2.45) is 0 Å². The minimum Gasteiger partial charge on any atom is -0.444 e. The van der Waals surface area contributed by atoms with Crippen LogP contribution >= 0.6 is 22.6 Å². The summed E-state index contributed by atoms with van der Waals surface area (Å²) in [4.78, 5) is 45.0. The van der Waals surface area contributed by atoms with Gasteiger partial charge in [0.15, 0.2) is 0 Å². The van der Waals surface area contributed by atoms with E-state index in [1.54, 1.807) is 24.8 Å². The number of nitrogens with zero attached hydrogens (tertiary/aromatic N) is 6. The number of halogens is 1. The summed E-state index contributed by atoms with van der Waals surface area (Å²) in [6.45, 7) is 10.4. The highest BCUT2D eigenvalue weighted by atomic mass is 127. The summed E-state index contributed by atoms with van der Waals surface area (Å²) in [5, 5.41) is 11.2. The molecule has 4 bridgehead atoms. The van der Waals surface area contributed by atoms with Crippen LogP contribution in [0.4, 0.5) is 4.79 Å². The monoisotopic (exact) mass is 754 g/mol. The quantitative estimate of drug-likeness (QED) is 0.307. The molecule has 4 atom stereocenters. The summed E-state index contributed by atoms with van der Waals surface area (Å²) in [7, 11) is 0. The molecule has 7 rings (SSSR count). The molecule has 252 valence electrons. The average Bonchev–Trinajstić information content (AvgIpc) is 3.43. The summed E-state index contributed by atoms with van der Waals surface area (Å²) in [6, 6.07) is 11.6. The summed E-state index contributed by atoms with van der Waals surface area (Å²) in [5.41, 5.74) is 2.23. The Morgan fingerprint density at radius 1 is 0.872 bits per heavy atom. The highest BCUT2D eigenvalue weighted by Gasteiger charge is 2.52. The van der Waals surface area contributed by atoms with Gasteiger partial charge in [-0.2, -0.15) is 0 Å². The Hall–Kier alpha value is -3.03. The highest BCUT2D eigenvalue weighted by molar-refractivity contribution is 14.1. The topological polar surface area (TPSA) is 122 Å². The standard InChI is InChI=1S/C17H25N3O3.C14H17NO.C5H5IN2/c1-11-14(19-8-7-18-11)17(22)9-12-5-6-13(10-17)20(12)15(21)23-16(2,3)4;16-14-8-12-6-7-13(9-14)15(12)10-11-4-2-1-3-5-11;1-4-5(6)8-3-2-7-4/h7-8,12-13,22H,5-6,9-10H2,1-4H3;1-5,12-13H,6-10H2;2-3H,1H3. The third-order valence-electron chi connectivity index (χ3n) is 9.42. The van der Waals surface area contributed by atoms with Gasteiger partial charge in [-0.05, 0) is 88.5 Å². The van der Waals surface area contributed by atoms with Crippen LogP contribution in [-0.2, 0) is 21.7 Å². The van der Waals surface area contributed by atoms with Crippen molar-refractivity contribution in [2.45, 2.75) is 128 Å². The van der Waals surface area contributed by atoms with Crippen molar-refractivity contribution in [2.75, 3.05) is 0 Å². The molecule has 0 spiro atoms. The van der Waals surface area contributed by atoms with E-state index in [0.29, 0.717) is 36.4 Å². The first-order valence-corrected chi connectivity index (χ1v) is 17.7. The lowest BCUT2D eigenvalue weighted by Gasteiger charge is -2.43. The Balaban J connectivity index is 0.000000155. The van der Waals surface area contributed by atoms with E-state index in [9.17, 15) is 14.7 Å². The molecule has 1 aromatic carbocycles. The number of hydrogen-bond donors (Lipinski definition) is 1. The van der Waals surface area contributed by atoms with Crippen LogP contribution in [0.3, 0.4) is 0 Å². The smallest absolute Gasteiger partial charge is 0.410 e. The molecule has 0 radical (unpaired) electrons. The number of piperidine rings is 2. The van der Waals surface area contributed by atoms with Crippen molar-refractivity contribution in [1.29, 1.82) is 0 Å². The Morgan fingerprint density at radius 2 is 1.40 bits per heavy atom. The Labute approximate surface area is 291 Å². The molecule has 4 unspecified atom stereocenters. The van der Waals surface area contributed by atoms with Crippen LogP contribution in [0.1, 0.15) is 94.8 Å². The zero-order valence-corrected chi connectivity index (χ0v) is 30.3. The molecular weight excluding hydrogens is 707 g/mol. The number of ether oxygens (including phenoxy) is 1. The molecule has 0 saturated carbocycles. The van der Waals surface area contributed by atoms with E-state index in [2.05, 4.69) is 77.8 Å². The van der Waals surface area contributed by atoms with Gasteiger partial charge < -0.3 is 14.7 Å². The molecule has 0 aliphatic carbocycles.